The minimum Gasteiger partial charge on any atom is -0.497 e. The Morgan fingerprint density at radius 1 is 1.24 bits per heavy atom. The average Bonchev–Trinajstić information content (AvgIpc) is 2.82. The molecule has 1 N–H and O–H groups in total. The highest BCUT2D eigenvalue weighted by Gasteiger charge is 2.52. The lowest BCUT2D eigenvalue weighted by atomic mass is 9.55. The van der Waals surface area contributed by atoms with Crippen molar-refractivity contribution in [3.05, 3.63) is 41.5 Å². The van der Waals surface area contributed by atoms with Gasteiger partial charge in [0.05, 0.1) is 13.2 Å². The van der Waals surface area contributed by atoms with Crippen LogP contribution in [-0.2, 0) is 6.42 Å². The van der Waals surface area contributed by atoms with Crippen molar-refractivity contribution in [1.29, 1.82) is 0 Å². The molecule has 0 aliphatic heterocycles. The second-order valence-electron chi connectivity index (χ2n) is 7.27. The summed E-state index contributed by atoms with van der Waals surface area (Å²) in [4.78, 5) is 0. The van der Waals surface area contributed by atoms with E-state index in [1.165, 1.54) is 24.0 Å². The molecule has 0 aromatic heterocycles. The molecule has 112 valence electrons. The zero-order chi connectivity index (χ0) is 14.6. The van der Waals surface area contributed by atoms with Gasteiger partial charge in [-0.2, -0.15) is 0 Å². The second kappa shape index (κ2) is 4.61. The molecular weight excluding hydrogens is 260 g/mol. The minimum absolute atomic E-state index is 0.0745. The van der Waals surface area contributed by atoms with Crippen LogP contribution in [0, 0.1) is 17.3 Å². The summed E-state index contributed by atoms with van der Waals surface area (Å²) in [6.07, 6.45) is 8.80. The standard InChI is InChI=1S/C19H24O2/c1-19-10-9-15-14-6-4-13(21-2)11-12(14)3-5-16(15)17(19)7-8-18(19)20/h4,6-8,11,15-18,20H,3,5,9-10H2,1-2H3/t15?,16?,17?,18-,19+/m1/s1. The first-order chi connectivity index (χ1) is 10.1. The summed E-state index contributed by atoms with van der Waals surface area (Å²) >= 11 is 0. The van der Waals surface area contributed by atoms with Crippen molar-refractivity contribution in [2.24, 2.45) is 17.3 Å². The van der Waals surface area contributed by atoms with Gasteiger partial charge in [-0.25, -0.2) is 0 Å². The molecule has 0 radical (unpaired) electrons. The maximum atomic E-state index is 10.3. The first-order valence-electron chi connectivity index (χ1n) is 8.16. The van der Waals surface area contributed by atoms with Crippen LogP contribution in [0.4, 0.5) is 0 Å². The number of aryl methyl sites for hydroxylation is 1. The van der Waals surface area contributed by atoms with Crippen molar-refractivity contribution in [3.8, 4) is 5.75 Å². The lowest BCUT2D eigenvalue weighted by molar-refractivity contribution is -0.0101. The zero-order valence-corrected chi connectivity index (χ0v) is 12.9. The molecule has 21 heavy (non-hydrogen) atoms. The van der Waals surface area contributed by atoms with Crippen LogP contribution < -0.4 is 4.74 Å². The number of aliphatic hydroxyl groups excluding tert-OH is 1. The van der Waals surface area contributed by atoms with Gasteiger partial charge in [-0.3, -0.25) is 0 Å². The molecule has 0 amide bonds. The first kappa shape index (κ1) is 13.4. The summed E-state index contributed by atoms with van der Waals surface area (Å²) in [7, 11) is 1.74. The Balaban J connectivity index is 1.70. The summed E-state index contributed by atoms with van der Waals surface area (Å²) in [5.74, 6) is 2.87. The molecule has 2 nitrogen and oxygen atoms in total. The van der Waals surface area contributed by atoms with Gasteiger partial charge in [-0.05, 0) is 66.7 Å². The van der Waals surface area contributed by atoms with Crippen molar-refractivity contribution in [1.82, 2.24) is 0 Å². The van der Waals surface area contributed by atoms with Crippen LogP contribution in [0.3, 0.4) is 0 Å². The molecule has 1 fully saturated rings. The van der Waals surface area contributed by atoms with Crippen molar-refractivity contribution in [2.75, 3.05) is 7.11 Å². The van der Waals surface area contributed by atoms with Crippen LogP contribution in [0.2, 0.25) is 0 Å². The molecule has 1 aromatic carbocycles. The SMILES string of the molecule is COc1ccc2c(c1)CCC1C2CC[C@@]2(C)C1C=C[C@H]2O. The summed E-state index contributed by atoms with van der Waals surface area (Å²) < 4.78 is 5.37. The van der Waals surface area contributed by atoms with Gasteiger partial charge in [0.1, 0.15) is 5.75 Å². The van der Waals surface area contributed by atoms with Crippen molar-refractivity contribution >= 4 is 0 Å². The highest BCUT2D eigenvalue weighted by Crippen LogP contribution is 2.58. The molecule has 5 atom stereocenters. The number of methoxy groups -OCH3 is 1. The van der Waals surface area contributed by atoms with E-state index in [4.69, 9.17) is 4.74 Å². The Bertz CT molecular complexity index is 591. The van der Waals surface area contributed by atoms with E-state index in [2.05, 4.69) is 31.2 Å². The third-order valence-electron chi connectivity index (χ3n) is 6.41. The highest BCUT2D eigenvalue weighted by molar-refractivity contribution is 5.41. The fourth-order valence-corrected chi connectivity index (χ4v) is 5.12. The number of allylic oxidation sites excluding steroid dienone is 1. The van der Waals surface area contributed by atoms with Crippen molar-refractivity contribution in [3.63, 3.8) is 0 Å². The van der Waals surface area contributed by atoms with Crippen molar-refractivity contribution in [2.45, 2.75) is 44.6 Å². The number of benzene rings is 1. The van der Waals surface area contributed by atoms with E-state index < -0.39 is 0 Å². The topological polar surface area (TPSA) is 29.5 Å². The molecule has 1 aromatic rings. The summed E-state index contributed by atoms with van der Waals surface area (Å²) in [6.45, 7) is 2.28. The van der Waals surface area contributed by atoms with E-state index in [1.807, 2.05) is 6.08 Å². The average molecular weight is 284 g/mol. The quantitative estimate of drug-likeness (QED) is 0.797. The molecule has 3 aliphatic carbocycles. The lowest BCUT2D eigenvalue weighted by Crippen LogP contribution is -2.44. The van der Waals surface area contributed by atoms with Gasteiger partial charge in [0.2, 0.25) is 0 Å². The lowest BCUT2D eigenvalue weighted by Gasteiger charge is -2.50. The Labute approximate surface area is 126 Å². The molecule has 3 aliphatic rings. The molecule has 0 spiro atoms. The highest BCUT2D eigenvalue weighted by atomic mass is 16.5. The Hall–Kier alpha value is -1.28. The first-order valence-corrected chi connectivity index (χ1v) is 8.16. The fourth-order valence-electron chi connectivity index (χ4n) is 5.12. The maximum Gasteiger partial charge on any atom is 0.119 e. The number of aliphatic hydroxyl groups is 1. The summed E-state index contributed by atoms with van der Waals surface area (Å²) in [5.41, 5.74) is 3.08. The monoisotopic (exact) mass is 284 g/mol. The van der Waals surface area contributed by atoms with Crippen LogP contribution in [-0.4, -0.2) is 18.3 Å². The number of ether oxygens (including phenoxy) is 1. The van der Waals surface area contributed by atoms with Crippen LogP contribution in [0.15, 0.2) is 30.4 Å². The molecule has 3 unspecified atom stereocenters. The van der Waals surface area contributed by atoms with E-state index in [9.17, 15) is 5.11 Å². The predicted molar refractivity (Wildman–Crippen MR) is 83.5 cm³/mol. The number of fused-ring (bicyclic) bond motifs is 5. The Morgan fingerprint density at radius 3 is 2.90 bits per heavy atom. The maximum absolute atomic E-state index is 10.3. The molecule has 0 bridgehead atoms. The van der Waals surface area contributed by atoms with Crippen LogP contribution in [0.25, 0.3) is 0 Å². The minimum atomic E-state index is -0.249. The van der Waals surface area contributed by atoms with E-state index in [0.717, 1.165) is 18.6 Å². The normalized spacial score (nSPS) is 40.3. The van der Waals surface area contributed by atoms with E-state index in [0.29, 0.717) is 17.8 Å². The van der Waals surface area contributed by atoms with Gasteiger partial charge < -0.3 is 9.84 Å². The number of hydrogen-bond donors (Lipinski definition) is 1. The smallest absolute Gasteiger partial charge is 0.119 e. The molecular formula is C19H24O2. The number of hydrogen-bond acceptors (Lipinski definition) is 2. The Kier molecular flexibility index (Phi) is 2.94. The third kappa shape index (κ3) is 1.81. The van der Waals surface area contributed by atoms with Gasteiger partial charge in [-0.1, -0.05) is 25.1 Å². The fraction of sp³-hybridized carbons (Fsp3) is 0.579. The van der Waals surface area contributed by atoms with Crippen LogP contribution >= 0.6 is 0 Å². The van der Waals surface area contributed by atoms with Crippen molar-refractivity contribution < 1.29 is 9.84 Å². The van der Waals surface area contributed by atoms with Crippen LogP contribution in [0.1, 0.15) is 43.2 Å². The van der Waals surface area contributed by atoms with Gasteiger partial charge in [0, 0.05) is 5.41 Å². The van der Waals surface area contributed by atoms with Gasteiger partial charge in [-0.15, -0.1) is 0 Å². The molecule has 1 saturated carbocycles. The van der Waals surface area contributed by atoms with Gasteiger partial charge >= 0.3 is 0 Å². The van der Waals surface area contributed by atoms with E-state index >= 15 is 0 Å². The number of rotatable bonds is 1. The summed E-state index contributed by atoms with van der Waals surface area (Å²) in [6, 6.07) is 6.61. The Morgan fingerprint density at radius 2 is 2.10 bits per heavy atom. The van der Waals surface area contributed by atoms with Gasteiger partial charge in [0.25, 0.3) is 0 Å². The van der Waals surface area contributed by atoms with Gasteiger partial charge in [0.15, 0.2) is 0 Å². The zero-order valence-electron chi connectivity index (χ0n) is 12.9. The molecule has 2 heteroatoms. The molecule has 0 heterocycles. The molecule has 0 saturated heterocycles. The largest absolute Gasteiger partial charge is 0.497 e. The van der Waals surface area contributed by atoms with E-state index in [1.54, 1.807) is 7.11 Å². The molecule has 4 rings (SSSR count). The van der Waals surface area contributed by atoms with E-state index in [-0.39, 0.29) is 11.5 Å². The second-order valence-corrected chi connectivity index (χ2v) is 7.27. The predicted octanol–water partition coefficient (Wildman–Crippen LogP) is 3.69. The third-order valence-corrected chi connectivity index (χ3v) is 6.41. The van der Waals surface area contributed by atoms with Crippen LogP contribution in [0.5, 0.6) is 5.75 Å². The summed E-state index contributed by atoms with van der Waals surface area (Å²) in [5, 5.41) is 10.3.